The van der Waals surface area contributed by atoms with Crippen molar-refractivity contribution in [1.82, 2.24) is 4.98 Å². The topological polar surface area (TPSA) is 34.1 Å². The third kappa shape index (κ3) is 3.91. The van der Waals surface area contributed by atoms with Crippen LogP contribution in [-0.2, 0) is 6.54 Å². The van der Waals surface area contributed by atoms with Gasteiger partial charge in [-0.1, -0.05) is 41.4 Å². The SMILES string of the molecule is Clc1ccc(Oc2ccccc2)c(NCc2cnc(Cl)s2)c1. The van der Waals surface area contributed by atoms with Crippen LogP contribution in [0.2, 0.25) is 9.49 Å². The van der Waals surface area contributed by atoms with Crippen molar-refractivity contribution in [2.45, 2.75) is 6.54 Å². The van der Waals surface area contributed by atoms with Crippen LogP contribution >= 0.6 is 34.5 Å². The van der Waals surface area contributed by atoms with Crippen LogP contribution in [0.4, 0.5) is 5.69 Å². The van der Waals surface area contributed by atoms with Crippen LogP contribution in [0.3, 0.4) is 0 Å². The molecule has 0 aliphatic rings. The van der Waals surface area contributed by atoms with Crippen LogP contribution in [-0.4, -0.2) is 4.98 Å². The number of thiazole rings is 1. The largest absolute Gasteiger partial charge is 0.455 e. The summed E-state index contributed by atoms with van der Waals surface area (Å²) in [7, 11) is 0. The van der Waals surface area contributed by atoms with Gasteiger partial charge in [-0.05, 0) is 30.3 Å². The summed E-state index contributed by atoms with van der Waals surface area (Å²) >= 11 is 13.4. The second-order valence-electron chi connectivity index (χ2n) is 4.49. The van der Waals surface area contributed by atoms with Gasteiger partial charge in [0.1, 0.15) is 5.75 Å². The Bertz CT molecular complexity index is 762. The van der Waals surface area contributed by atoms with Crippen molar-refractivity contribution in [2.24, 2.45) is 0 Å². The molecule has 1 heterocycles. The van der Waals surface area contributed by atoms with Crippen LogP contribution < -0.4 is 10.1 Å². The van der Waals surface area contributed by atoms with Crippen molar-refractivity contribution in [1.29, 1.82) is 0 Å². The van der Waals surface area contributed by atoms with E-state index in [1.54, 1.807) is 12.3 Å². The van der Waals surface area contributed by atoms with Crippen LogP contribution in [0, 0.1) is 0 Å². The summed E-state index contributed by atoms with van der Waals surface area (Å²) in [5.41, 5.74) is 0.820. The lowest BCUT2D eigenvalue weighted by molar-refractivity contribution is 0.484. The molecule has 1 N–H and O–H groups in total. The van der Waals surface area contributed by atoms with Crippen molar-refractivity contribution in [2.75, 3.05) is 5.32 Å². The molecule has 0 amide bonds. The molecule has 6 heteroatoms. The second-order valence-corrected chi connectivity index (χ2v) is 6.62. The molecule has 0 saturated carbocycles. The number of rotatable bonds is 5. The summed E-state index contributed by atoms with van der Waals surface area (Å²) in [5, 5.41) is 3.95. The predicted molar refractivity (Wildman–Crippen MR) is 92.4 cm³/mol. The van der Waals surface area contributed by atoms with Gasteiger partial charge in [0, 0.05) is 16.1 Å². The molecule has 3 rings (SSSR count). The number of aromatic nitrogens is 1. The van der Waals surface area contributed by atoms with Gasteiger partial charge in [0.05, 0.1) is 12.2 Å². The molecule has 0 aliphatic carbocycles. The van der Waals surface area contributed by atoms with Gasteiger partial charge in [-0.3, -0.25) is 0 Å². The Labute approximate surface area is 142 Å². The van der Waals surface area contributed by atoms with E-state index in [9.17, 15) is 0 Å². The van der Waals surface area contributed by atoms with E-state index >= 15 is 0 Å². The molecule has 0 radical (unpaired) electrons. The first-order valence-corrected chi connectivity index (χ1v) is 8.14. The van der Waals surface area contributed by atoms with E-state index < -0.39 is 0 Å². The van der Waals surface area contributed by atoms with Gasteiger partial charge in [0.2, 0.25) is 0 Å². The zero-order chi connectivity index (χ0) is 15.4. The molecule has 0 atom stereocenters. The van der Waals surface area contributed by atoms with Crippen LogP contribution in [0.15, 0.2) is 54.7 Å². The zero-order valence-electron chi connectivity index (χ0n) is 11.4. The highest BCUT2D eigenvalue weighted by molar-refractivity contribution is 7.15. The zero-order valence-corrected chi connectivity index (χ0v) is 13.8. The molecule has 3 nitrogen and oxygen atoms in total. The molecular formula is C16H12Cl2N2OS. The fraction of sp³-hybridized carbons (Fsp3) is 0.0625. The Balaban J connectivity index is 1.78. The molecule has 0 spiro atoms. The van der Waals surface area contributed by atoms with E-state index in [0.29, 0.717) is 21.8 Å². The van der Waals surface area contributed by atoms with E-state index in [0.717, 1.165) is 16.3 Å². The Morgan fingerprint density at radius 3 is 2.64 bits per heavy atom. The van der Waals surface area contributed by atoms with Crippen LogP contribution in [0.25, 0.3) is 0 Å². The minimum atomic E-state index is 0.531. The van der Waals surface area contributed by atoms with Crippen molar-refractivity contribution in [3.8, 4) is 11.5 Å². The fourth-order valence-corrected chi connectivity index (χ4v) is 2.98. The van der Waals surface area contributed by atoms with Gasteiger partial charge in [0.15, 0.2) is 10.2 Å². The first kappa shape index (κ1) is 15.2. The van der Waals surface area contributed by atoms with E-state index in [-0.39, 0.29) is 0 Å². The summed E-state index contributed by atoms with van der Waals surface area (Å²) in [6.07, 6.45) is 1.75. The summed E-state index contributed by atoms with van der Waals surface area (Å²) in [4.78, 5) is 5.06. The Morgan fingerprint density at radius 1 is 1.09 bits per heavy atom. The predicted octanol–water partition coefficient (Wildman–Crippen LogP) is 5.85. The van der Waals surface area contributed by atoms with Gasteiger partial charge in [0.25, 0.3) is 0 Å². The number of para-hydroxylation sites is 1. The first-order chi connectivity index (χ1) is 10.7. The van der Waals surface area contributed by atoms with E-state index in [1.165, 1.54) is 11.3 Å². The molecule has 22 heavy (non-hydrogen) atoms. The number of nitrogens with one attached hydrogen (secondary N) is 1. The molecule has 0 unspecified atom stereocenters. The number of halogens is 2. The molecule has 2 aromatic carbocycles. The van der Waals surface area contributed by atoms with E-state index in [2.05, 4.69) is 10.3 Å². The molecule has 0 aliphatic heterocycles. The lowest BCUT2D eigenvalue weighted by atomic mass is 10.2. The van der Waals surface area contributed by atoms with Gasteiger partial charge in [-0.15, -0.1) is 11.3 Å². The number of nitrogens with zero attached hydrogens (tertiary/aromatic N) is 1. The minimum absolute atomic E-state index is 0.531. The van der Waals surface area contributed by atoms with Crippen molar-refractivity contribution in [3.05, 3.63) is 69.1 Å². The lowest BCUT2D eigenvalue weighted by Gasteiger charge is -2.13. The highest BCUT2D eigenvalue weighted by Gasteiger charge is 2.07. The molecule has 3 aromatic rings. The Morgan fingerprint density at radius 2 is 1.91 bits per heavy atom. The first-order valence-electron chi connectivity index (χ1n) is 6.57. The summed E-state index contributed by atoms with van der Waals surface area (Å²) in [6.45, 7) is 0.607. The van der Waals surface area contributed by atoms with Crippen LogP contribution in [0.5, 0.6) is 11.5 Å². The number of hydrogen-bond acceptors (Lipinski definition) is 4. The maximum absolute atomic E-state index is 6.08. The highest BCUT2D eigenvalue weighted by atomic mass is 35.5. The smallest absolute Gasteiger partial charge is 0.183 e. The fourth-order valence-electron chi connectivity index (χ4n) is 1.89. The molecular weight excluding hydrogens is 339 g/mol. The van der Waals surface area contributed by atoms with Crippen molar-refractivity contribution < 1.29 is 4.74 Å². The average molecular weight is 351 g/mol. The number of ether oxygens (including phenoxy) is 1. The highest BCUT2D eigenvalue weighted by Crippen LogP contribution is 2.32. The van der Waals surface area contributed by atoms with Gasteiger partial charge >= 0.3 is 0 Å². The number of hydrogen-bond donors (Lipinski definition) is 1. The third-order valence-electron chi connectivity index (χ3n) is 2.89. The van der Waals surface area contributed by atoms with Crippen molar-refractivity contribution >= 4 is 40.2 Å². The average Bonchev–Trinajstić information content (AvgIpc) is 2.94. The van der Waals surface area contributed by atoms with Gasteiger partial charge < -0.3 is 10.1 Å². The van der Waals surface area contributed by atoms with Gasteiger partial charge in [-0.2, -0.15) is 0 Å². The molecule has 1 aromatic heterocycles. The standard InChI is InChI=1S/C16H12Cl2N2OS/c17-11-6-7-15(21-12-4-2-1-3-5-12)14(8-11)19-9-13-10-20-16(18)22-13/h1-8,10,19H,9H2. The minimum Gasteiger partial charge on any atom is -0.455 e. The molecule has 0 saturated heterocycles. The molecule has 0 fully saturated rings. The maximum atomic E-state index is 6.08. The number of benzene rings is 2. The monoisotopic (exact) mass is 350 g/mol. The van der Waals surface area contributed by atoms with Gasteiger partial charge in [-0.25, -0.2) is 4.98 Å². The molecule has 0 bridgehead atoms. The summed E-state index contributed by atoms with van der Waals surface area (Å²) in [5.74, 6) is 1.49. The Kier molecular flexibility index (Phi) is 4.83. The van der Waals surface area contributed by atoms with Crippen molar-refractivity contribution in [3.63, 3.8) is 0 Å². The van der Waals surface area contributed by atoms with E-state index in [1.807, 2.05) is 42.5 Å². The molecule has 112 valence electrons. The number of anilines is 1. The summed E-state index contributed by atoms with van der Waals surface area (Å²) in [6, 6.07) is 15.1. The third-order valence-corrected chi connectivity index (χ3v) is 4.24. The maximum Gasteiger partial charge on any atom is 0.183 e. The quantitative estimate of drug-likeness (QED) is 0.626. The normalized spacial score (nSPS) is 10.5. The summed E-state index contributed by atoms with van der Waals surface area (Å²) < 4.78 is 6.43. The second kappa shape index (κ2) is 7.01. The Hall–Kier alpha value is -1.75. The lowest BCUT2D eigenvalue weighted by Crippen LogP contribution is -1.99. The van der Waals surface area contributed by atoms with Crippen LogP contribution in [0.1, 0.15) is 4.88 Å². The van der Waals surface area contributed by atoms with E-state index in [4.69, 9.17) is 27.9 Å².